The van der Waals surface area contributed by atoms with Crippen molar-refractivity contribution in [2.24, 2.45) is 0 Å². The molecule has 1 aromatic heterocycles. The molecular weight excluding hydrogens is 270 g/mol. The number of benzene rings is 1. The number of aliphatic hydroxyl groups excluding tert-OH is 1. The van der Waals surface area contributed by atoms with E-state index in [1.54, 1.807) is 4.68 Å². The fourth-order valence-electron chi connectivity index (χ4n) is 1.88. The zero-order chi connectivity index (χ0) is 14.9. The van der Waals surface area contributed by atoms with Crippen molar-refractivity contribution in [1.82, 2.24) is 15.0 Å². The van der Waals surface area contributed by atoms with Crippen LogP contribution in [0.5, 0.6) is 11.5 Å². The largest absolute Gasteiger partial charge is 0.494 e. The lowest BCUT2D eigenvalue weighted by Gasteiger charge is -2.07. The molecule has 0 amide bonds. The first-order chi connectivity index (χ1) is 10.3. The Labute approximate surface area is 124 Å². The van der Waals surface area contributed by atoms with Crippen molar-refractivity contribution in [2.45, 2.75) is 26.3 Å². The van der Waals surface area contributed by atoms with Crippen LogP contribution in [-0.2, 0) is 13.0 Å². The quantitative estimate of drug-likeness (QED) is 0.761. The lowest BCUT2D eigenvalue weighted by atomic mass is 10.3. The highest BCUT2D eigenvalue weighted by Crippen LogP contribution is 2.17. The molecule has 2 aromatic rings. The average molecular weight is 291 g/mol. The molecule has 0 spiro atoms. The summed E-state index contributed by atoms with van der Waals surface area (Å²) in [7, 11) is 0. The van der Waals surface area contributed by atoms with Crippen LogP contribution < -0.4 is 9.47 Å². The van der Waals surface area contributed by atoms with Gasteiger partial charge in [-0.15, -0.1) is 5.10 Å². The number of nitrogens with zero attached hydrogens (tertiary/aromatic N) is 3. The molecular formula is C15H21N3O3. The first-order valence-electron chi connectivity index (χ1n) is 7.17. The molecule has 21 heavy (non-hydrogen) atoms. The van der Waals surface area contributed by atoms with Gasteiger partial charge in [-0.2, -0.15) is 0 Å². The third-order valence-corrected chi connectivity index (χ3v) is 2.90. The van der Waals surface area contributed by atoms with Gasteiger partial charge < -0.3 is 14.6 Å². The van der Waals surface area contributed by atoms with Crippen molar-refractivity contribution < 1.29 is 14.6 Å². The standard InChI is InChI=1S/C15H21N3O3/c1-2-20-14-5-7-15(8-6-14)21-11-9-18-12-13(16-17-18)4-3-10-19/h5-8,12,19H,2-4,9-11H2,1H3. The smallest absolute Gasteiger partial charge is 0.119 e. The van der Waals surface area contributed by atoms with Crippen LogP contribution in [0.2, 0.25) is 0 Å². The minimum atomic E-state index is 0.174. The van der Waals surface area contributed by atoms with E-state index in [2.05, 4.69) is 10.3 Å². The maximum Gasteiger partial charge on any atom is 0.119 e. The molecule has 0 bridgehead atoms. The van der Waals surface area contributed by atoms with E-state index in [-0.39, 0.29) is 6.61 Å². The van der Waals surface area contributed by atoms with Gasteiger partial charge in [0, 0.05) is 12.8 Å². The highest BCUT2D eigenvalue weighted by molar-refractivity contribution is 5.31. The van der Waals surface area contributed by atoms with Crippen molar-refractivity contribution >= 4 is 0 Å². The maximum absolute atomic E-state index is 8.77. The molecule has 0 atom stereocenters. The summed E-state index contributed by atoms with van der Waals surface area (Å²) in [5.74, 6) is 1.65. The molecule has 0 saturated heterocycles. The Kier molecular flexibility index (Phi) is 6.02. The lowest BCUT2D eigenvalue weighted by molar-refractivity contribution is 0.287. The molecule has 0 saturated carbocycles. The van der Waals surface area contributed by atoms with E-state index >= 15 is 0 Å². The van der Waals surface area contributed by atoms with Gasteiger partial charge in [-0.1, -0.05) is 5.21 Å². The summed E-state index contributed by atoms with van der Waals surface area (Å²) in [5.41, 5.74) is 0.894. The summed E-state index contributed by atoms with van der Waals surface area (Å²) in [6.07, 6.45) is 3.34. The van der Waals surface area contributed by atoms with Gasteiger partial charge in [0.2, 0.25) is 0 Å². The highest BCUT2D eigenvalue weighted by atomic mass is 16.5. The second-order valence-corrected chi connectivity index (χ2v) is 4.55. The van der Waals surface area contributed by atoms with Gasteiger partial charge in [0.05, 0.1) is 18.8 Å². The number of aliphatic hydroxyl groups is 1. The fraction of sp³-hybridized carbons (Fsp3) is 0.467. The molecule has 1 heterocycles. The third-order valence-electron chi connectivity index (χ3n) is 2.90. The topological polar surface area (TPSA) is 69.4 Å². The average Bonchev–Trinajstić information content (AvgIpc) is 2.95. The van der Waals surface area contributed by atoms with E-state index in [0.29, 0.717) is 26.2 Å². The molecule has 0 radical (unpaired) electrons. The van der Waals surface area contributed by atoms with Crippen LogP contribution in [0.4, 0.5) is 0 Å². The van der Waals surface area contributed by atoms with Crippen molar-refractivity contribution in [2.75, 3.05) is 19.8 Å². The second-order valence-electron chi connectivity index (χ2n) is 4.55. The predicted octanol–water partition coefficient (Wildman–Crippen LogP) is 1.68. The summed E-state index contributed by atoms with van der Waals surface area (Å²) in [5, 5.41) is 16.8. The van der Waals surface area contributed by atoms with Gasteiger partial charge in [-0.25, -0.2) is 4.68 Å². The van der Waals surface area contributed by atoms with E-state index in [0.717, 1.165) is 23.6 Å². The molecule has 114 valence electrons. The van der Waals surface area contributed by atoms with E-state index in [4.69, 9.17) is 14.6 Å². The number of hydrogen-bond donors (Lipinski definition) is 1. The minimum Gasteiger partial charge on any atom is -0.494 e. The first kappa shape index (κ1) is 15.3. The van der Waals surface area contributed by atoms with Gasteiger partial charge in [0.1, 0.15) is 18.1 Å². The molecule has 6 nitrogen and oxygen atoms in total. The Hall–Kier alpha value is -2.08. The minimum absolute atomic E-state index is 0.174. The van der Waals surface area contributed by atoms with E-state index in [9.17, 15) is 0 Å². The maximum atomic E-state index is 8.77. The SMILES string of the molecule is CCOc1ccc(OCCn2cc(CCCO)nn2)cc1. The lowest BCUT2D eigenvalue weighted by Crippen LogP contribution is -2.08. The zero-order valence-corrected chi connectivity index (χ0v) is 12.2. The molecule has 2 rings (SSSR count). The van der Waals surface area contributed by atoms with Crippen molar-refractivity contribution in [1.29, 1.82) is 0 Å². The second kappa shape index (κ2) is 8.26. The molecule has 0 aliphatic rings. The zero-order valence-electron chi connectivity index (χ0n) is 12.2. The predicted molar refractivity (Wildman–Crippen MR) is 78.5 cm³/mol. The highest BCUT2D eigenvalue weighted by Gasteiger charge is 2.01. The number of aryl methyl sites for hydroxylation is 1. The van der Waals surface area contributed by atoms with Crippen molar-refractivity contribution in [3.63, 3.8) is 0 Å². The number of ether oxygens (including phenoxy) is 2. The van der Waals surface area contributed by atoms with Gasteiger partial charge in [-0.05, 0) is 44.0 Å². The van der Waals surface area contributed by atoms with E-state index < -0.39 is 0 Å². The first-order valence-corrected chi connectivity index (χ1v) is 7.17. The van der Waals surface area contributed by atoms with Gasteiger partial charge >= 0.3 is 0 Å². The van der Waals surface area contributed by atoms with Crippen LogP contribution >= 0.6 is 0 Å². The number of hydrogen-bond acceptors (Lipinski definition) is 5. The van der Waals surface area contributed by atoms with Gasteiger partial charge in [0.25, 0.3) is 0 Å². The summed E-state index contributed by atoms with van der Waals surface area (Å²) < 4.78 is 12.8. The Morgan fingerprint density at radius 3 is 2.52 bits per heavy atom. The Morgan fingerprint density at radius 2 is 1.86 bits per heavy atom. The summed E-state index contributed by atoms with van der Waals surface area (Å²) in [6, 6.07) is 7.56. The van der Waals surface area contributed by atoms with Crippen LogP contribution in [0.1, 0.15) is 19.0 Å². The molecule has 0 unspecified atom stereocenters. The van der Waals surface area contributed by atoms with Crippen molar-refractivity contribution in [3.8, 4) is 11.5 Å². The van der Waals surface area contributed by atoms with Crippen LogP contribution in [0.3, 0.4) is 0 Å². The number of rotatable bonds is 9. The Bertz CT molecular complexity index is 525. The van der Waals surface area contributed by atoms with Gasteiger partial charge in [-0.3, -0.25) is 0 Å². The van der Waals surface area contributed by atoms with Crippen LogP contribution in [0.25, 0.3) is 0 Å². The molecule has 0 aliphatic heterocycles. The van der Waals surface area contributed by atoms with Gasteiger partial charge in [0.15, 0.2) is 0 Å². The molecule has 0 fully saturated rings. The Morgan fingerprint density at radius 1 is 1.14 bits per heavy atom. The third kappa shape index (κ3) is 5.07. The molecule has 0 aliphatic carbocycles. The molecule has 6 heteroatoms. The fourth-order valence-corrected chi connectivity index (χ4v) is 1.88. The molecule has 1 aromatic carbocycles. The monoisotopic (exact) mass is 291 g/mol. The van der Waals surface area contributed by atoms with E-state index in [1.165, 1.54) is 0 Å². The summed E-state index contributed by atoms with van der Waals surface area (Å²) in [6.45, 7) is 3.95. The summed E-state index contributed by atoms with van der Waals surface area (Å²) >= 11 is 0. The summed E-state index contributed by atoms with van der Waals surface area (Å²) in [4.78, 5) is 0. The van der Waals surface area contributed by atoms with Crippen LogP contribution in [-0.4, -0.2) is 39.9 Å². The normalized spacial score (nSPS) is 10.6. The van der Waals surface area contributed by atoms with Crippen molar-refractivity contribution in [3.05, 3.63) is 36.2 Å². The molecule has 1 N–H and O–H groups in total. The van der Waals surface area contributed by atoms with E-state index in [1.807, 2.05) is 37.4 Å². The number of aromatic nitrogens is 3. The van der Waals surface area contributed by atoms with Crippen LogP contribution in [0, 0.1) is 0 Å². The Balaban J connectivity index is 1.74. The van der Waals surface area contributed by atoms with Crippen LogP contribution in [0.15, 0.2) is 30.5 Å².